The van der Waals surface area contributed by atoms with Gasteiger partial charge in [0.15, 0.2) is 0 Å². The molecule has 0 bridgehead atoms. The first kappa shape index (κ1) is 14.1. The average Bonchev–Trinajstić information content (AvgIpc) is 2.29. The van der Waals surface area contributed by atoms with Crippen LogP contribution in [0.2, 0.25) is 0 Å². The number of nitrogens with one attached hydrogen (secondary N) is 1. The van der Waals surface area contributed by atoms with Crippen molar-refractivity contribution in [2.45, 2.75) is 51.9 Å². The number of hydrogen-bond acceptors (Lipinski definition) is 1. The van der Waals surface area contributed by atoms with Crippen molar-refractivity contribution in [3.05, 3.63) is 36.1 Å². The first-order chi connectivity index (χ1) is 8.33. The molecule has 0 aliphatic heterocycles. The Morgan fingerprint density at radius 3 is 2.18 bits per heavy atom. The third-order valence-corrected chi connectivity index (χ3v) is 3.71. The fourth-order valence-electron chi connectivity index (χ4n) is 2.80. The summed E-state index contributed by atoms with van der Waals surface area (Å²) >= 11 is 0. The molecule has 0 amide bonds. The van der Waals surface area contributed by atoms with Crippen molar-refractivity contribution in [1.29, 1.82) is 0 Å². The highest BCUT2D eigenvalue weighted by Gasteiger charge is 2.17. The van der Waals surface area contributed by atoms with Gasteiger partial charge in [-0.05, 0) is 31.3 Å². The smallest absolute Gasteiger partial charge is 0.0329 e. The molecule has 1 nitrogen and oxygen atoms in total. The SMILES string of the molecule is C=C/C=C(\C(=C/C)NC)C1CCCCCCC1. The Labute approximate surface area is 107 Å². The highest BCUT2D eigenvalue weighted by Crippen LogP contribution is 2.31. The van der Waals surface area contributed by atoms with E-state index in [1.54, 1.807) is 0 Å². The van der Waals surface area contributed by atoms with E-state index in [-0.39, 0.29) is 0 Å². The molecule has 1 rings (SSSR count). The minimum atomic E-state index is 0.715. The highest BCUT2D eigenvalue weighted by atomic mass is 14.8. The quantitative estimate of drug-likeness (QED) is 0.701. The summed E-state index contributed by atoms with van der Waals surface area (Å²) in [5.74, 6) is 0.715. The first-order valence-electron chi connectivity index (χ1n) is 7.00. The predicted octanol–water partition coefficient (Wildman–Crippen LogP) is 4.58. The summed E-state index contributed by atoms with van der Waals surface area (Å²) in [5, 5.41) is 3.32. The van der Waals surface area contributed by atoms with Crippen LogP contribution in [0, 0.1) is 5.92 Å². The van der Waals surface area contributed by atoms with Crippen LogP contribution in [0.5, 0.6) is 0 Å². The zero-order valence-corrected chi connectivity index (χ0v) is 11.5. The first-order valence-corrected chi connectivity index (χ1v) is 7.00. The standard InChI is InChI=1S/C16H27N/c1-4-11-15(16(5-2)17-3)14-12-9-7-6-8-10-13-14/h4-5,11,14,17H,1,6-10,12-13H2,2-3H3/b15-11-,16-5+. The zero-order valence-electron chi connectivity index (χ0n) is 11.5. The van der Waals surface area contributed by atoms with Crippen LogP contribution in [0.15, 0.2) is 36.1 Å². The molecule has 1 saturated carbocycles. The minimum Gasteiger partial charge on any atom is -0.388 e. The fraction of sp³-hybridized carbons (Fsp3) is 0.625. The third kappa shape index (κ3) is 4.41. The van der Waals surface area contributed by atoms with Crippen molar-refractivity contribution in [1.82, 2.24) is 5.32 Å². The lowest BCUT2D eigenvalue weighted by molar-refractivity contribution is 0.420. The molecular formula is C16H27N. The Morgan fingerprint density at radius 1 is 1.12 bits per heavy atom. The largest absolute Gasteiger partial charge is 0.388 e. The molecule has 0 spiro atoms. The number of allylic oxidation sites excluding steroid dienone is 4. The zero-order chi connectivity index (χ0) is 12.5. The van der Waals surface area contributed by atoms with E-state index >= 15 is 0 Å². The number of rotatable bonds is 4. The molecular weight excluding hydrogens is 206 g/mol. The van der Waals surface area contributed by atoms with Crippen LogP contribution in [-0.4, -0.2) is 7.05 Å². The van der Waals surface area contributed by atoms with Crippen LogP contribution in [0.25, 0.3) is 0 Å². The third-order valence-electron chi connectivity index (χ3n) is 3.71. The number of likely N-dealkylation sites (N-methyl/N-ethyl adjacent to an activating group) is 1. The fourth-order valence-corrected chi connectivity index (χ4v) is 2.80. The molecule has 0 unspecified atom stereocenters. The lowest BCUT2D eigenvalue weighted by Gasteiger charge is -2.24. The summed E-state index contributed by atoms with van der Waals surface area (Å²) in [6, 6.07) is 0. The molecule has 0 radical (unpaired) electrons. The van der Waals surface area contributed by atoms with Crippen molar-refractivity contribution in [2.75, 3.05) is 7.05 Å². The van der Waals surface area contributed by atoms with Gasteiger partial charge in [0.2, 0.25) is 0 Å². The summed E-state index contributed by atoms with van der Waals surface area (Å²) in [4.78, 5) is 0. The molecule has 17 heavy (non-hydrogen) atoms. The van der Waals surface area contributed by atoms with Crippen LogP contribution in [0.4, 0.5) is 0 Å². The lowest BCUT2D eigenvalue weighted by Crippen LogP contribution is -2.16. The number of hydrogen-bond donors (Lipinski definition) is 1. The summed E-state index contributed by atoms with van der Waals surface area (Å²) in [7, 11) is 2.01. The van der Waals surface area contributed by atoms with Gasteiger partial charge in [0, 0.05) is 12.7 Å². The Hall–Kier alpha value is -0.980. The van der Waals surface area contributed by atoms with Gasteiger partial charge in [0.05, 0.1) is 0 Å². The molecule has 0 aromatic carbocycles. The molecule has 0 saturated heterocycles. The molecule has 1 fully saturated rings. The Kier molecular flexibility index (Phi) is 6.76. The van der Waals surface area contributed by atoms with Gasteiger partial charge in [0.25, 0.3) is 0 Å². The maximum Gasteiger partial charge on any atom is 0.0329 e. The summed E-state index contributed by atoms with van der Waals surface area (Å²) in [6.07, 6.45) is 15.9. The van der Waals surface area contributed by atoms with Gasteiger partial charge in [0.1, 0.15) is 0 Å². The lowest BCUT2D eigenvalue weighted by atomic mass is 9.84. The average molecular weight is 233 g/mol. The van der Waals surface area contributed by atoms with Crippen molar-refractivity contribution in [3.63, 3.8) is 0 Å². The predicted molar refractivity (Wildman–Crippen MR) is 76.9 cm³/mol. The van der Waals surface area contributed by atoms with Gasteiger partial charge in [-0.1, -0.05) is 56.9 Å². The highest BCUT2D eigenvalue weighted by molar-refractivity contribution is 5.33. The van der Waals surface area contributed by atoms with Gasteiger partial charge < -0.3 is 5.32 Å². The van der Waals surface area contributed by atoms with Crippen molar-refractivity contribution in [2.24, 2.45) is 5.92 Å². The Morgan fingerprint density at radius 2 is 1.71 bits per heavy atom. The van der Waals surface area contributed by atoms with Crippen LogP contribution >= 0.6 is 0 Å². The maximum absolute atomic E-state index is 3.86. The van der Waals surface area contributed by atoms with Gasteiger partial charge in [-0.3, -0.25) is 0 Å². The Balaban J connectivity index is 2.80. The molecule has 0 heterocycles. The van der Waals surface area contributed by atoms with Crippen LogP contribution in [-0.2, 0) is 0 Å². The second-order valence-corrected chi connectivity index (χ2v) is 4.85. The van der Waals surface area contributed by atoms with Crippen molar-refractivity contribution < 1.29 is 0 Å². The summed E-state index contributed by atoms with van der Waals surface area (Å²) in [5.41, 5.74) is 2.72. The maximum atomic E-state index is 3.86. The van der Waals surface area contributed by atoms with E-state index in [4.69, 9.17) is 0 Å². The van der Waals surface area contributed by atoms with Gasteiger partial charge in [-0.2, -0.15) is 0 Å². The van der Waals surface area contributed by atoms with Gasteiger partial charge in [-0.15, -0.1) is 0 Å². The molecule has 1 aliphatic rings. The second-order valence-electron chi connectivity index (χ2n) is 4.85. The van der Waals surface area contributed by atoms with Crippen LogP contribution < -0.4 is 5.32 Å². The molecule has 1 aliphatic carbocycles. The molecule has 1 heteroatoms. The van der Waals surface area contributed by atoms with Crippen LogP contribution in [0.1, 0.15) is 51.9 Å². The van der Waals surface area contributed by atoms with E-state index in [2.05, 4.69) is 31.0 Å². The normalized spacial score (nSPS) is 20.6. The molecule has 0 atom stereocenters. The summed E-state index contributed by atoms with van der Waals surface area (Å²) in [6.45, 7) is 5.96. The monoisotopic (exact) mass is 233 g/mol. The van der Waals surface area contributed by atoms with E-state index in [1.165, 1.54) is 56.2 Å². The van der Waals surface area contributed by atoms with Gasteiger partial charge >= 0.3 is 0 Å². The minimum absolute atomic E-state index is 0.715. The van der Waals surface area contributed by atoms with E-state index in [0.717, 1.165) is 0 Å². The second kappa shape index (κ2) is 8.16. The topological polar surface area (TPSA) is 12.0 Å². The van der Waals surface area contributed by atoms with E-state index < -0.39 is 0 Å². The molecule has 0 aromatic heterocycles. The Bertz CT molecular complexity index is 278. The summed E-state index contributed by atoms with van der Waals surface area (Å²) < 4.78 is 0. The van der Waals surface area contributed by atoms with Crippen molar-refractivity contribution in [3.8, 4) is 0 Å². The van der Waals surface area contributed by atoms with Gasteiger partial charge in [-0.25, -0.2) is 0 Å². The molecule has 0 aromatic rings. The van der Waals surface area contributed by atoms with Crippen molar-refractivity contribution >= 4 is 0 Å². The van der Waals surface area contributed by atoms with Crippen LogP contribution in [0.3, 0.4) is 0 Å². The van der Waals surface area contributed by atoms with E-state index in [0.29, 0.717) is 5.92 Å². The van der Waals surface area contributed by atoms with E-state index in [1.807, 2.05) is 13.1 Å². The van der Waals surface area contributed by atoms with E-state index in [9.17, 15) is 0 Å². The molecule has 1 N–H and O–H groups in total. The molecule has 96 valence electrons.